The third kappa shape index (κ3) is 4.41. The van der Waals surface area contributed by atoms with Crippen LogP contribution >= 0.6 is 0 Å². The van der Waals surface area contributed by atoms with Crippen LogP contribution in [-0.2, 0) is 9.59 Å². The average Bonchev–Trinajstić information content (AvgIpc) is 3.02. The molecule has 1 unspecified atom stereocenters. The minimum atomic E-state index is -0.943. The molecule has 31 heavy (non-hydrogen) atoms. The topological polar surface area (TPSA) is 113 Å². The van der Waals surface area contributed by atoms with E-state index in [0.717, 1.165) is 0 Å². The van der Waals surface area contributed by atoms with Crippen molar-refractivity contribution in [1.82, 2.24) is 9.80 Å². The number of nitrogens with zero attached hydrogens (tertiary/aromatic N) is 3. The van der Waals surface area contributed by atoms with Gasteiger partial charge >= 0.3 is 0 Å². The van der Waals surface area contributed by atoms with Crippen LogP contribution in [0.3, 0.4) is 0 Å². The Balaban J connectivity index is 2.16. The highest BCUT2D eigenvalue weighted by molar-refractivity contribution is 6.46. The summed E-state index contributed by atoms with van der Waals surface area (Å²) in [7, 11) is 5.17. The Morgan fingerprint density at radius 2 is 1.87 bits per heavy atom. The van der Waals surface area contributed by atoms with E-state index in [1.807, 2.05) is 19.0 Å². The Bertz CT molecular complexity index is 1050. The minimum Gasteiger partial charge on any atom is -0.507 e. The molecule has 9 heteroatoms. The number of carbonyl (C=O) groups is 2. The number of methoxy groups -OCH3 is 1. The van der Waals surface area contributed by atoms with Crippen molar-refractivity contribution < 1.29 is 24.4 Å². The van der Waals surface area contributed by atoms with Crippen molar-refractivity contribution in [2.75, 3.05) is 34.3 Å². The largest absolute Gasteiger partial charge is 0.507 e. The maximum atomic E-state index is 12.9. The van der Waals surface area contributed by atoms with Gasteiger partial charge in [0.1, 0.15) is 11.5 Å². The number of Topliss-reactive ketones (excluding diaryl/α,β-unsaturated/α-hetero) is 1. The number of aliphatic hydroxyl groups is 1. The number of hydrogen-bond donors (Lipinski definition) is 1. The van der Waals surface area contributed by atoms with E-state index < -0.39 is 22.7 Å². The summed E-state index contributed by atoms with van der Waals surface area (Å²) in [6, 6.07) is 11.2. The monoisotopic (exact) mass is 425 g/mol. The molecule has 1 fully saturated rings. The van der Waals surface area contributed by atoms with E-state index in [0.29, 0.717) is 23.4 Å². The summed E-state index contributed by atoms with van der Waals surface area (Å²) in [5.74, 6) is -1.36. The van der Waals surface area contributed by atoms with Crippen molar-refractivity contribution in [1.29, 1.82) is 0 Å². The Labute approximate surface area is 179 Å². The predicted octanol–water partition coefficient (Wildman–Crippen LogP) is 2.59. The molecule has 0 saturated carbocycles. The molecule has 1 N–H and O–H groups in total. The van der Waals surface area contributed by atoms with Gasteiger partial charge in [0.2, 0.25) is 0 Å². The summed E-state index contributed by atoms with van der Waals surface area (Å²) in [5.41, 5.74) is 0.443. The molecule has 1 aliphatic heterocycles. The average molecular weight is 425 g/mol. The van der Waals surface area contributed by atoms with Gasteiger partial charge in [-0.3, -0.25) is 19.7 Å². The van der Waals surface area contributed by atoms with Crippen LogP contribution in [0.1, 0.15) is 17.2 Å². The molecule has 1 aliphatic rings. The number of carbonyl (C=O) groups excluding carboxylic acids is 2. The normalized spacial score (nSPS) is 17.9. The molecule has 1 saturated heterocycles. The summed E-state index contributed by atoms with van der Waals surface area (Å²) < 4.78 is 5.11. The first-order valence-corrected chi connectivity index (χ1v) is 9.56. The van der Waals surface area contributed by atoms with Crippen LogP contribution in [0.2, 0.25) is 0 Å². The molecule has 2 aromatic rings. The maximum Gasteiger partial charge on any atom is 0.295 e. The van der Waals surface area contributed by atoms with Crippen molar-refractivity contribution in [3.8, 4) is 5.75 Å². The summed E-state index contributed by atoms with van der Waals surface area (Å²) >= 11 is 0. The van der Waals surface area contributed by atoms with E-state index >= 15 is 0 Å². The Morgan fingerprint density at radius 3 is 2.45 bits per heavy atom. The fourth-order valence-corrected chi connectivity index (χ4v) is 3.48. The number of non-ortho nitro benzene ring substituents is 1. The van der Waals surface area contributed by atoms with Gasteiger partial charge in [-0.2, -0.15) is 0 Å². The van der Waals surface area contributed by atoms with Gasteiger partial charge in [-0.25, -0.2) is 0 Å². The number of benzene rings is 2. The molecule has 0 aliphatic carbocycles. The molecule has 0 bridgehead atoms. The summed E-state index contributed by atoms with van der Waals surface area (Å²) in [6.45, 7) is 0.686. The van der Waals surface area contributed by atoms with Crippen LogP contribution in [0.15, 0.2) is 54.1 Å². The van der Waals surface area contributed by atoms with Crippen molar-refractivity contribution in [2.45, 2.75) is 6.04 Å². The van der Waals surface area contributed by atoms with Gasteiger partial charge in [0.25, 0.3) is 17.4 Å². The lowest BCUT2D eigenvalue weighted by Crippen LogP contribution is -2.35. The van der Waals surface area contributed by atoms with E-state index in [-0.39, 0.29) is 23.6 Å². The van der Waals surface area contributed by atoms with E-state index in [1.165, 1.54) is 30.2 Å². The predicted molar refractivity (Wildman–Crippen MR) is 114 cm³/mol. The van der Waals surface area contributed by atoms with Gasteiger partial charge in [-0.05, 0) is 43.9 Å². The maximum absolute atomic E-state index is 12.9. The highest BCUT2D eigenvalue weighted by Gasteiger charge is 2.46. The smallest absolute Gasteiger partial charge is 0.295 e. The Kier molecular flexibility index (Phi) is 6.36. The van der Waals surface area contributed by atoms with Crippen molar-refractivity contribution in [2.24, 2.45) is 0 Å². The molecule has 1 atom stereocenters. The minimum absolute atomic E-state index is 0.102. The lowest BCUT2D eigenvalue weighted by atomic mass is 9.95. The first-order chi connectivity index (χ1) is 14.7. The molecular formula is C22H23N3O6. The van der Waals surface area contributed by atoms with Crippen LogP contribution in [0.5, 0.6) is 5.75 Å². The standard InChI is InChI=1S/C22H23N3O6/c1-23(2)11-12-24-19(15-5-4-6-16(13-15)25(29)30)18(21(27)22(24)28)20(26)14-7-9-17(31-3)10-8-14/h4-10,13,19,26H,11-12H2,1-3H3/b20-18-. The number of likely N-dealkylation sites (tertiary alicyclic amines) is 1. The Morgan fingerprint density at radius 1 is 1.19 bits per heavy atom. The Hall–Kier alpha value is -3.72. The zero-order chi connectivity index (χ0) is 22.7. The third-order valence-corrected chi connectivity index (χ3v) is 5.09. The second-order valence-electron chi connectivity index (χ2n) is 7.38. The number of nitro groups is 1. The number of hydrogen-bond acceptors (Lipinski definition) is 7. The number of rotatable bonds is 7. The molecule has 0 spiro atoms. The number of ketones is 1. The highest BCUT2D eigenvalue weighted by atomic mass is 16.6. The summed E-state index contributed by atoms with van der Waals surface area (Å²) in [4.78, 5) is 39.7. The zero-order valence-electron chi connectivity index (χ0n) is 17.4. The summed E-state index contributed by atoms with van der Waals surface area (Å²) in [6.07, 6.45) is 0. The molecule has 0 radical (unpaired) electrons. The number of ether oxygens (including phenoxy) is 1. The number of nitro benzene ring substituents is 1. The highest BCUT2D eigenvalue weighted by Crippen LogP contribution is 2.40. The third-order valence-electron chi connectivity index (χ3n) is 5.09. The van der Waals surface area contributed by atoms with Crippen molar-refractivity contribution in [3.05, 3.63) is 75.3 Å². The van der Waals surface area contributed by atoms with Crippen molar-refractivity contribution in [3.63, 3.8) is 0 Å². The summed E-state index contributed by atoms with van der Waals surface area (Å²) in [5, 5.41) is 22.2. The van der Waals surface area contributed by atoms with Gasteiger partial charge in [-0.15, -0.1) is 0 Å². The van der Waals surface area contributed by atoms with E-state index in [1.54, 1.807) is 30.3 Å². The number of likely N-dealkylation sites (N-methyl/N-ethyl adjacent to an activating group) is 1. The molecule has 162 valence electrons. The van der Waals surface area contributed by atoms with Gasteiger partial charge in [0.05, 0.1) is 23.6 Å². The fourth-order valence-electron chi connectivity index (χ4n) is 3.48. The van der Waals surface area contributed by atoms with Gasteiger partial charge in [0, 0.05) is 30.8 Å². The zero-order valence-corrected chi connectivity index (χ0v) is 17.4. The second kappa shape index (κ2) is 8.97. The molecule has 3 rings (SSSR count). The molecule has 1 heterocycles. The van der Waals surface area contributed by atoms with Crippen LogP contribution in [0, 0.1) is 10.1 Å². The number of aliphatic hydroxyl groups excluding tert-OH is 1. The molecule has 0 aromatic heterocycles. The van der Waals surface area contributed by atoms with Crippen molar-refractivity contribution >= 4 is 23.1 Å². The van der Waals surface area contributed by atoms with Gasteiger partial charge in [0.15, 0.2) is 0 Å². The van der Waals surface area contributed by atoms with Crippen LogP contribution in [-0.4, -0.2) is 65.8 Å². The number of amides is 1. The van der Waals surface area contributed by atoms with E-state index in [2.05, 4.69) is 0 Å². The first kappa shape index (κ1) is 22.0. The molecular weight excluding hydrogens is 402 g/mol. The van der Waals surface area contributed by atoms with Crippen LogP contribution in [0.4, 0.5) is 5.69 Å². The van der Waals surface area contributed by atoms with Gasteiger partial charge in [-0.1, -0.05) is 12.1 Å². The first-order valence-electron chi connectivity index (χ1n) is 9.56. The lowest BCUT2D eigenvalue weighted by Gasteiger charge is -2.26. The van der Waals surface area contributed by atoms with E-state index in [9.17, 15) is 24.8 Å². The molecule has 9 nitrogen and oxygen atoms in total. The van der Waals surface area contributed by atoms with Crippen LogP contribution < -0.4 is 4.74 Å². The van der Waals surface area contributed by atoms with Gasteiger partial charge < -0.3 is 19.6 Å². The quantitative estimate of drug-likeness (QED) is 0.238. The van der Waals surface area contributed by atoms with Crippen LogP contribution in [0.25, 0.3) is 5.76 Å². The molecule has 2 aromatic carbocycles. The molecule has 1 amide bonds. The van der Waals surface area contributed by atoms with E-state index in [4.69, 9.17) is 4.74 Å². The fraction of sp³-hybridized carbons (Fsp3) is 0.273. The lowest BCUT2D eigenvalue weighted by molar-refractivity contribution is -0.384. The SMILES string of the molecule is COc1ccc(/C(O)=C2/C(=O)C(=O)N(CCN(C)C)C2c2cccc([N+](=O)[O-])c2)cc1. The second-order valence-corrected chi connectivity index (χ2v) is 7.38.